The molecule has 3 aromatic rings. The maximum Gasteiger partial charge on any atom is 0.254 e. The van der Waals surface area contributed by atoms with E-state index in [9.17, 15) is 9.59 Å². The summed E-state index contributed by atoms with van der Waals surface area (Å²) in [5, 5.41) is 3.14. The SMILES string of the molecule is COc1ccc(CCNC(=O)C2c3ccccc3C(=O)N3CCc4ccccc4C23)cc1OC. The molecule has 0 saturated carbocycles. The first kappa shape index (κ1) is 22.0. The van der Waals surface area contributed by atoms with E-state index in [-0.39, 0.29) is 17.9 Å². The Bertz CT molecular complexity index is 1240. The molecule has 34 heavy (non-hydrogen) atoms. The average Bonchev–Trinajstić information content (AvgIpc) is 2.88. The summed E-state index contributed by atoms with van der Waals surface area (Å²) >= 11 is 0. The summed E-state index contributed by atoms with van der Waals surface area (Å²) in [7, 11) is 3.22. The van der Waals surface area contributed by atoms with E-state index < -0.39 is 5.92 Å². The number of carbonyl (C=O) groups excluding carboxylic acids is 2. The van der Waals surface area contributed by atoms with Crippen molar-refractivity contribution in [2.45, 2.75) is 24.8 Å². The zero-order valence-corrected chi connectivity index (χ0v) is 19.4. The van der Waals surface area contributed by atoms with Gasteiger partial charge in [-0.25, -0.2) is 0 Å². The number of carbonyl (C=O) groups is 2. The van der Waals surface area contributed by atoms with Crippen molar-refractivity contribution in [3.63, 3.8) is 0 Å². The van der Waals surface area contributed by atoms with Gasteiger partial charge >= 0.3 is 0 Å². The van der Waals surface area contributed by atoms with Gasteiger partial charge in [-0.05, 0) is 53.3 Å². The minimum Gasteiger partial charge on any atom is -0.493 e. The lowest BCUT2D eigenvalue weighted by atomic mass is 9.76. The largest absolute Gasteiger partial charge is 0.493 e. The molecule has 0 bridgehead atoms. The Hall–Kier alpha value is -3.80. The van der Waals surface area contributed by atoms with Gasteiger partial charge in [-0.15, -0.1) is 0 Å². The van der Waals surface area contributed by atoms with E-state index in [4.69, 9.17) is 9.47 Å². The molecule has 6 heteroatoms. The Balaban J connectivity index is 1.41. The molecule has 0 aliphatic carbocycles. The quantitative estimate of drug-likeness (QED) is 0.611. The molecule has 2 amide bonds. The molecule has 0 radical (unpaired) electrons. The third kappa shape index (κ3) is 3.79. The van der Waals surface area contributed by atoms with Gasteiger partial charge in [0.15, 0.2) is 11.5 Å². The van der Waals surface area contributed by atoms with E-state index in [1.807, 2.05) is 59.5 Å². The van der Waals surface area contributed by atoms with Gasteiger partial charge in [-0.3, -0.25) is 9.59 Å². The van der Waals surface area contributed by atoms with Gasteiger partial charge in [-0.2, -0.15) is 0 Å². The molecular weight excluding hydrogens is 428 g/mol. The number of amides is 2. The highest BCUT2D eigenvalue weighted by Gasteiger charge is 2.45. The van der Waals surface area contributed by atoms with Crippen molar-refractivity contribution in [3.05, 3.63) is 94.5 Å². The second-order valence-electron chi connectivity index (χ2n) is 8.69. The zero-order chi connectivity index (χ0) is 23.7. The lowest BCUT2D eigenvalue weighted by Crippen LogP contribution is -2.50. The molecule has 5 rings (SSSR count). The maximum atomic E-state index is 13.7. The summed E-state index contributed by atoms with van der Waals surface area (Å²) in [5.41, 5.74) is 4.74. The number of methoxy groups -OCH3 is 2. The van der Waals surface area contributed by atoms with E-state index >= 15 is 0 Å². The lowest BCUT2D eigenvalue weighted by Gasteiger charge is -2.45. The average molecular weight is 457 g/mol. The van der Waals surface area contributed by atoms with Crippen LogP contribution in [0.5, 0.6) is 11.5 Å². The molecule has 2 aliphatic heterocycles. The fraction of sp³-hybridized carbons (Fsp3) is 0.286. The fourth-order valence-corrected chi connectivity index (χ4v) is 5.23. The third-order valence-corrected chi connectivity index (χ3v) is 6.88. The molecule has 2 heterocycles. The summed E-state index contributed by atoms with van der Waals surface area (Å²) in [6.45, 7) is 1.10. The highest BCUT2D eigenvalue weighted by molar-refractivity contribution is 6.01. The number of benzene rings is 3. The van der Waals surface area contributed by atoms with Gasteiger partial charge in [0.25, 0.3) is 5.91 Å². The minimum atomic E-state index is -0.458. The highest BCUT2D eigenvalue weighted by atomic mass is 16.5. The van der Waals surface area contributed by atoms with Crippen LogP contribution < -0.4 is 14.8 Å². The van der Waals surface area contributed by atoms with E-state index in [1.165, 1.54) is 5.56 Å². The number of fused-ring (bicyclic) bond motifs is 4. The normalized spacial score (nSPS) is 18.4. The van der Waals surface area contributed by atoms with Crippen LogP contribution in [0.2, 0.25) is 0 Å². The molecule has 2 atom stereocenters. The maximum absolute atomic E-state index is 13.7. The number of hydrogen-bond acceptors (Lipinski definition) is 4. The summed E-state index contributed by atoms with van der Waals surface area (Å²) in [5.74, 6) is 0.827. The first-order valence-electron chi connectivity index (χ1n) is 11.6. The summed E-state index contributed by atoms with van der Waals surface area (Å²) in [6.07, 6.45) is 1.46. The molecule has 3 aromatic carbocycles. The van der Waals surface area contributed by atoms with Crippen molar-refractivity contribution in [1.29, 1.82) is 0 Å². The number of rotatable bonds is 6. The van der Waals surface area contributed by atoms with Crippen LogP contribution in [0.4, 0.5) is 0 Å². The van der Waals surface area contributed by atoms with Crippen molar-refractivity contribution >= 4 is 11.8 Å². The van der Waals surface area contributed by atoms with Crippen molar-refractivity contribution < 1.29 is 19.1 Å². The summed E-state index contributed by atoms with van der Waals surface area (Å²) < 4.78 is 10.7. The Morgan fingerprint density at radius 3 is 2.50 bits per heavy atom. The Labute approximate surface area is 199 Å². The van der Waals surface area contributed by atoms with E-state index in [0.717, 1.165) is 23.1 Å². The molecule has 1 N–H and O–H groups in total. The predicted molar refractivity (Wildman–Crippen MR) is 129 cm³/mol. The molecule has 0 saturated heterocycles. The zero-order valence-electron chi connectivity index (χ0n) is 19.4. The number of ether oxygens (including phenoxy) is 2. The Morgan fingerprint density at radius 1 is 0.971 bits per heavy atom. The Morgan fingerprint density at radius 2 is 1.71 bits per heavy atom. The van der Waals surface area contributed by atoms with Gasteiger partial charge in [-0.1, -0.05) is 48.5 Å². The van der Waals surface area contributed by atoms with Gasteiger partial charge in [0.1, 0.15) is 0 Å². The molecular formula is C28H28N2O4. The van der Waals surface area contributed by atoms with E-state index in [1.54, 1.807) is 14.2 Å². The minimum absolute atomic E-state index is 0.00415. The van der Waals surface area contributed by atoms with Crippen LogP contribution in [0.3, 0.4) is 0 Å². The molecule has 0 aromatic heterocycles. The first-order chi connectivity index (χ1) is 16.6. The fourth-order valence-electron chi connectivity index (χ4n) is 5.23. The molecule has 174 valence electrons. The predicted octanol–water partition coefficient (Wildman–Crippen LogP) is 3.90. The van der Waals surface area contributed by atoms with Crippen LogP contribution in [0.1, 0.15) is 44.6 Å². The number of nitrogens with zero attached hydrogens (tertiary/aromatic N) is 1. The molecule has 2 aliphatic rings. The monoisotopic (exact) mass is 456 g/mol. The summed E-state index contributed by atoms with van der Waals surface area (Å²) in [6, 6.07) is 21.1. The number of hydrogen-bond donors (Lipinski definition) is 1. The second-order valence-corrected chi connectivity index (χ2v) is 8.69. The molecule has 0 spiro atoms. The van der Waals surface area contributed by atoms with Crippen LogP contribution in [-0.2, 0) is 17.6 Å². The van der Waals surface area contributed by atoms with Crippen molar-refractivity contribution in [1.82, 2.24) is 10.2 Å². The smallest absolute Gasteiger partial charge is 0.254 e. The Kier molecular flexibility index (Phi) is 5.97. The third-order valence-electron chi connectivity index (χ3n) is 6.88. The number of nitrogens with one attached hydrogen (secondary N) is 1. The molecule has 6 nitrogen and oxygen atoms in total. The van der Waals surface area contributed by atoms with Gasteiger partial charge in [0, 0.05) is 18.7 Å². The molecule has 2 unspecified atom stereocenters. The van der Waals surface area contributed by atoms with Gasteiger partial charge in [0.05, 0.1) is 26.2 Å². The van der Waals surface area contributed by atoms with E-state index in [0.29, 0.717) is 36.6 Å². The van der Waals surface area contributed by atoms with Crippen LogP contribution in [0.15, 0.2) is 66.7 Å². The summed E-state index contributed by atoms with van der Waals surface area (Å²) in [4.78, 5) is 28.8. The van der Waals surface area contributed by atoms with Crippen molar-refractivity contribution in [3.8, 4) is 11.5 Å². The van der Waals surface area contributed by atoms with Crippen LogP contribution in [0.25, 0.3) is 0 Å². The standard InChI is InChI=1S/C28H28N2O4/c1-33-23-12-11-18(17-24(23)34-2)13-15-29-27(31)25-21-9-5-6-10-22(21)28(32)30-16-14-19-7-3-4-8-20(19)26(25)30/h3-12,17,25-26H,13-16H2,1-2H3,(H,29,31). The second kappa shape index (κ2) is 9.21. The van der Waals surface area contributed by atoms with Crippen LogP contribution in [0, 0.1) is 0 Å². The van der Waals surface area contributed by atoms with Crippen molar-refractivity contribution in [2.24, 2.45) is 0 Å². The van der Waals surface area contributed by atoms with Gasteiger partial charge in [0.2, 0.25) is 5.91 Å². The van der Waals surface area contributed by atoms with Gasteiger partial charge < -0.3 is 19.7 Å². The molecule has 0 fully saturated rings. The van der Waals surface area contributed by atoms with E-state index in [2.05, 4.69) is 17.4 Å². The first-order valence-corrected chi connectivity index (χ1v) is 11.6. The van der Waals surface area contributed by atoms with Crippen LogP contribution in [-0.4, -0.2) is 44.0 Å². The highest BCUT2D eigenvalue weighted by Crippen LogP contribution is 2.45. The topological polar surface area (TPSA) is 67.9 Å². The van der Waals surface area contributed by atoms with Crippen LogP contribution >= 0.6 is 0 Å². The lowest BCUT2D eigenvalue weighted by molar-refractivity contribution is -0.124. The van der Waals surface area contributed by atoms with Crippen molar-refractivity contribution in [2.75, 3.05) is 27.3 Å².